The summed E-state index contributed by atoms with van der Waals surface area (Å²) in [4.78, 5) is 33.6. The molecule has 22 heavy (non-hydrogen) atoms. The fraction of sp³-hybridized carbons (Fsp3) is 0.273. The number of nitrogens with zero attached hydrogens (tertiary/aromatic N) is 2. The number of carboxylic acid groups (broad SMARTS) is 1. The van der Waals surface area contributed by atoms with Crippen LogP contribution in [0.25, 0.3) is 0 Å². The number of hydrogen-bond acceptors (Lipinski definition) is 6. The Morgan fingerprint density at radius 2 is 2.09 bits per heavy atom. The van der Waals surface area contributed by atoms with Crippen LogP contribution in [0.15, 0.2) is 18.2 Å². The zero-order valence-electron chi connectivity index (χ0n) is 10.8. The van der Waals surface area contributed by atoms with Crippen molar-refractivity contribution in [3.8, 4) is 0 Å². The van der Waals surface area contributed by atoms with E-state index in [-0.39, 0.29) is 5.69 Å². The highest BCUT2D eigenvalue weighted by molar-refractivity contribution is 7.87. The second-order valence-corrected chi connectivity index (χ2v) is 6.19. The van der Waals surface area contributed by atoms with E-state index in [2.05, 4.69) is 0 Å². The summed E-state index contributed by atoms with van der Waals surface area (Å²) in [6.07, 6.45) is -0.616. The first-order valence-electron chi connectivity index (χ1n) is 5.87. The Labute approximate surface area is 123 Å². The van der Waals surface area contributed by atoms with Crippen molar-refractivity contribution in [2.75, 3.05) is 11.4 Å². The van der Waals surface area contributed by atoms with Gasteiger partial charge >= 0.3 is 16.2 Å². The standard InChI is InChI=1S/C11H9FN2O7S/c12-22(20,21)7-4-10(15)13(5-7)9-2-1-6(14(18)19)3-8(9)11(16)17/h1-3,7H,4-5H2,(H,16,17). The molecule has 1 aromatic carbocycles. The van der Waals surface area contributed by atoms with Crippen LogP contribution in [0.4, 0.5) is 15.3 Å². The van der Waals surface area contributed by atoms with Gasteiger partial charge in [-0.15, -0.1) is 3.89 Å². The van der Waals surface area contributed by atoms with Gasteiger partial charge < -0.3 is 10.0 Å². The van der Waals surface area contributed by atoms with Crippen LogP contribution in [-0.2, 0) is 15.0 Å². The smallest absolute Gasteiger partial charge is 0.338 e. The lowest BCUT2D eigenvalue weighted by Gasteiger charge is -2.18. The molecule has 1 aromatic rings. The maximum absolute atomic E-state index is 13.0. The minimum Gasteiger partial charge on any atom is -0.478 e. The normalized spacial score (nSPS) is 18.5. The van der Waals surface area contributed by atoms with E-state index < -0.39 is 56.5 Å². The molecule has 1 atom stereocenters. The highest BCUT2D eigenvalue weighted by Gasteiger charge is 2.40. The number of carbonyl (C=O) groups excluding carboxylic acids is 1. The average Bonchev–Trinajstić information content (AvgIpc) is 2.79. The van der Waals surface area contributed by atoms with Crippen LogP contribution >= 0.6 is 0 Å². The molecule has 0 aromatic heterocycles. The molecule has 1 aliphatic heterocycles. The van der Waals surface area contributed by atoms with Gasteiger partial charge in [0.1, 0.15) is 5.25 Å². The molecule has 1 amide bonds. The van der Waals surface area contributed by atoms with Gasteiger partial charge in [0, 0.05) is 25.1 Å². The number of benzene rings is 1. The number of aromatic carboxylic acids is 1. The molecule has 1 fully saturated rings. The monoisotopic (exact) mass is 332 g/mol. The molecule has 11 heteroatoms. The van der Waals surface area contributed by atoms with Crippen molar-refractivity contribution in [1.29, 1.82) is 0 Å². The third kappa shape index (κ3) is 2.88. The summed E-state index contributed by atoms with van der Waals surface area (Å²) in [5.74, 6) is -2.30. The second kappa shape index (κ2) is 5.33. The molecule has 0 saturated carbocycles. The fourth-order valence-corrected chi connectivity index (χ4v) is 2.81. The van der Waals surface area contributed by atoms with Crippen molar-refractivity contribution in [3.05, 3.63) is 33.9 Å². The minimum absolute atomic E-state index is 0.214. The molecule has 9 nitrogen and oxygen atoms in total. The summed E-state index contributed by atoms with van der Waals surface area (Å²) in [5, 5.41) is 18.2. The van der Waals surface area contributed by atoms with Gasteiger partial charge in [0.25, 0.3) is 5.69 Å². The second-order valence-electron chi connectivity index (χ2n) is 4.57. The van der Waals surface area contributed by atoms with E-state index in [0.717, 1.165) is 23.1 Å². The Hall–Kier alpha value is -2.56. The summed E-state index contributed by atoms with van der Waals surface area (Å²) in [5.41, 5.74) is -1.25. The number of nitro benzene ring substituents is 1. The summed E-state index contributed by atoms with van der Waals surface area (Å²) >= 11 is 0. The zero-order chi connectivity index (χ0) is 16.7. The van der Waals surface area contributed by atoms with E-state index in [9.17, 15) is 32.0 Å². The van der Waals surface area contributed by atoms with Crippen LogP contribution in [0.2, 0.25) is 0 Å². The van der Waals surface area contributed by atoms with Crippen molar-refractivity contribution in [2.45, 2.75) is 11.7 Å². The Morgan fingerprint density at radius 3 is 2.55 bits per heavy atom. The van der Waals surface area contributed by atoms with Crippen molar-refractivity contribution >= 4 is 33.5 Å². The Kier molecular flexibility index (Phi) is 3.83. The highest BCUT2D eigenvalue weighted by Crippen LogP contribution is 2.31. The number of carboxylic acids is 1. The highest BCUT2D eigenvalue weighted by atomic mass is 32.3. The molecular weight excluding hydrogens is 323 g/mol. The van der Waals surface area contributed by atoms with Crippen LogP contribution < -0.4 is 4.90 Å². The van der Waals surface area contributed by atoms with E-state index in [1.54, 1.807) is 0 Å². The molecule has 1 unspecified atom stereocenters. The van der Waals surface area contributed by atoms with Gasteiger partial charge in [-0.2, -0.15) is 8.42 Å². The number of amides is 1. The molecule has 0 bridgehead atoms. The maximum Gasteiger partial charge on any atom is 0.338 e. The number of rotatable bonds is 4. The van der Waals surface area contributed by atoms with Gasteiger partial charge in [-0.25, -0.2) is 4.79 Å². The zero-order valence-corrected chi connectivity index (χ0v) is 11.6. The van der Waals surface area contributed by atoms with Crippen molar-refractivity contribution in [3.63, 3.8) is 0 Å². The predicted molar refractivity (Wildman–Crippen MR) is 70.8 cm³/mol. The topological polar surface area (TPSA) is 135 Å². The van der Waals surface area contributed by atoms with Gasteiger partial charge in [-0.1, -0.05) is 0 Å². The summed E-state index contributed by atoms with van der Waals surface area (Å²) in [7, 11) is -4.95. The van der Waals surface area contributed by atoms with Gasteiger partial charge in [0.05, 0.1) is 16.2 Å². The van der Waals surface area contributed by atoms with E-state index in [4.69, 9.17) is 5.11 Å². The first-order valence-corrected chi connectivity index (χ1v) is 7.31. The molecule has 1 heterocycles. The Bertz CT molecular complexity index is 777. The lowest BCUT2D eigenvalue weighted by atomic mass is 10.1. The summed E-state index contributed by atoms with van der Waals surface area (Å²) < 4.78 is 34.7. The van der Waals surface area contributed by atoms with Crippen LogP contribution in [0, 0.1) is 10.1 Å². The summed E-state index contributed by atoms with van der Waals surface area (Å²) in [6.45, 7) is -0.546. The van der Waals surface area contributed by atoms with Crippen LogP contribution in [-0.4, -0.2) is 42.1 Å². The number of anilines is 1. The maximum atomic E-state index is 13.0. The third-order valence-electron chi connectivity index (χ3n) is 3.20. The molecule has 1 aliphatic rings. The Morgan fingerprint density at radius 1 is 1.45 bits per heavy atom. The molecule has 2 rings (SSSR count). The first kappa shape index (κ1) is 15.8. The van der Waals surface area contributed by atoms with E-state index in [1.807, 2.05) is 0 Å². The van der Waals surface area contributed by atoms with Gasteiger partial charge in [0.2, 0.25) is 5.91 Å². The van der Waals surface area contributed by atoms with Crippen LogP contribution in [0.1, 0.15) is 16.8 Å². The van der Waals surface area contributed by atoms with Crippen LogP contribution in [0.3, 0.4) is 0 Å². The van der Waals surface area contributed by atoms with Crippen molar-refractivity contribution < 1.29 is 31.9 Å². The lowest BCUT2D eigenvalue weighted by Crippen LogP contribution is -2.28. The number of non-ortho nitro benzene ring substituents is 1. The first-order chi connectivity index (χ1) is 10.1. The van der Waals surface area contributed by atoms with Gasteiger partial charge in [-0.05, 0) is 6.07 Å². The molecule has 0 radical (unpaired) electrons. The number of nitro groups is 1. The Balaban J connectivity index is 2.47. The third-order valence-corrected chi connectivity index (χ3v) is 4.31. The van der Waals surface area contributed by atoms with Gasteiger partial charge in [0.15, 0.2) is 0 Å². The molecule has 0 aliphatic carbocycles. The van der Waals surface area contributed by atoms with Crippen molar-refractivity contribution in [2.24, 2.45) is 0 Å². The molecule has 1 N–H and O–H groups in total. The molecular formula is C11H9FN2O7S. The van der Waals surface area contributed by atoms with Gasteiger partial charge in [-0.3, -0.25) is 14.9 Å². The largest absolute Gasteiger partial charge is 0.478 e. The molecule has 118 valence electrons. The summed E-state index contributed by atoms with van der Waals surface area (Å²) in [6, 6.07) is 2.75. The number of carbonyl (C=O) groups is 2. The predicted octanol–water partition coefficient (Wildman–Crippen LogP) is 0.698. The van der Waals surface area contributed by atoms with Crippen LogP contribution in [0.5, 0.6) is 0 Å². The van der Waals surface area contributed by atoms with E-state index in [1.165, 1.54) is 0 Å². The molecule has 1 saturated heterocycles. The minimum atomic E-state index is -4.95. The fourth-order valence-electron chi connectivity index (χ4n) is 2.14. The number of hydrogen-bond donors (Lipinski definition) is 1. The van der Waals surface area contributed by atoms with Crippen molar-refractivity contribution in [1.82, 2.24) is 0 Å². The number of halogens is 1. The average molecular weight is 332 g/mol. The SMILES string of the molecule is O=C(O)c1cc([N+](=O)[O-])ccc1N1CC(S(=O)(=O)F)CC1=O. The lowest BCUT2D eigenvalue weighted by molar-refractivity contribution is -0.384. The molecule has 0 spiro atoms. The van der Waals surface area contributed by atoms with E-state index >= 15 is 0 Å². The van der Waals surface area contributed by atoms with E-state index in [0.29, 0.717) is 0 Å². The quantitative estimate of drug-likeness (QED) is 0.487.